The maximum absolute atomic E-state index is 13.6. The van der Waals surface area contributed by atoms with Gasteiger partial charge in [-0.15, -0.1) is 0 Å². The average molecular weight is 470 g/mol. The Morgan fingerprint density at radius 2 is 2.06 bits per heavy atom. The first-order valence-electron chi connectivity index (χ1n) is 10.8. The molecule has 11 heteroatoms. The number of ether oxygens (including phenoxy) is 2. The summed E-state index contributed by atoms with van der Waals surface area (Å²) < 4.78 is 25.8. The summed E-state index contributed by atoms with van der Waals surface area (Å²) in [5.41, 5.74) is 3.07. The van der Waals surface area contributed by atoms with E-state index in [9.17, 15) is 9.18 Å². The standard InChI is InChI=1S/C23H28FN7O3/c1-13-19-21(30(3)20(14(2)33-4)22(32)28-19)29-23(27-13)25-9-16-10-26-31(12-16)11-15-6-7-17(24)18(8-15)34-5/h6-8,10,12,14,20H,9,11H2,1-5H3,(H,28,32)(H,25,27,29)/t14-,20+/m1/s1. The second kappa shape index (κ2) is 9.64. The van der Waals surface area contributed by atoms with Gasteiger partial charge < -0.3 is 25.0 Å². The Balaban J connectivity index is 1.46. The van der Waals surface area contributed by atoms with Crippen LogP contribution in [0.15, 0.2) is 30.6 Å². The second-order valence-corrected chi connectivity index (χ2v) is 8.19. The number of hydrogen-bond donors (Lipinski definition) is 2. The molecule has 0 unspecified atom stereocenters. The summed E-state index contributed by atoms with van der Waals surface area (Å²) in [6.45, 7) is 4.61. The van der Waals surface area contributed by atoms with E-state index in [1.165, 1.54) is 13.2 Å². The summed E-state index contributed by atoms with van der Waals surface area (Å²) in [6, 6.07) is 4.25. The van der Waals surface area contributed by atoms with Crippen molar-refractivity contribution < 1.29 is 18.7 Å². The Kier molecular flexibility index (Phi) is 6.64. The number of halogens is 1. The van der Waals surface area contributed by atoms with E-state index in [-0.39, 0.29) is 17.8 Å². The minimum Gasteiger partial charge on any atom is -0.494 e. The summed E-state index contributed by atoms with van der Waals surface area (Å²) in [5.74, 6) is 0.728. The average Bonchev–Trinajstić information content (AvgIpc) is 3.26. The summed E-state index contributed by atoms with van der Waals surface area (Å²) in [6.07, 6.45) is 3.34. The van der Waals surface area contributed by atoms with Gasteiger partial charge in [0.15, 0.2) is 17.4 Å². The first kappa shape index (κ1) is 23.4. The molecular formula is C23H28FN7O3. The second-order valence-electron chi connectivity index (χ2n) is 8.19. The highest BCUT2D eigenvalue weighted by atomic mass is 19.1. The van der Waals surface area contributed by atoms with Crippen molar-refractivity contribution in [2.24, 2.45) is 0 Å². The molecule has 2 atom stereocenters. The van der Waals surface area contributed by atoms with Gasteiger partial charge in [-0.3, -0.25) is 9.48 Å². The van der Waals surface area contributed by atoms with Gasteiger partial charge in [-0.1, -0.05) is 6.07 Å². The van der Waals surface area contributed by atoms with Crippen LogP contribution in [0.3, 0.4) is 0 Å². The van der Waals surface area contributed by atoms with Crippen LogP contribution in [0.25, 0.3) is 0 Å². The van der Waals surface area contributed by atoms with E-state index in [1.54, 1.807) is 30.1 Å². The van der Waals surface area contributed by atoms with Crippen LogP contribution in [0.4, 0.5) is 21.8 Å². The Morgan fingerprint density at radius 3 is 2.79 bits per heavy atom. The quantitative estimate of drug-likeness (QED) is 0.519. The molecule has 0 spiro atoms. The van der Waals surface area contributed by atoms with Gasteiger partial charge in [0, 0.05) is 32.5 Å². The van der Waals surface area contributed by atoms with Crippen LogP contribution in [0.5, 0.6) is 5.75 Å². The number of carbonyl (C=O) groups excluding carboxylic acids is 1. The van der Waals surface area contributed by atoms with Gasteiger partial charge in [0.25, 0.3) is 0 Å². The van der Waals surface area contributed by atoms with Crippen molar-refractivity contribution in [2.75, 3.05) is 36.8 Å². The molecule has 0 saturated carbocycles. The summed E-state index contributed by atoms with van der Waals surface area (Å²) >= 11 is 0. The van der Waals surface area contributed by atoms with E-state index >= 15 is 0 Å². The van der Waals surface area contributed by atoms with E-state index < -0.39 is 11.9 Å². The number of aryl methyl sites for hydroxylation is 1. The van der Waals surface area contributed by atoms with Crippen LogP contribution in [-0.4, -0.2) is 59.1 Å². The minimum atomic E-state index is -0.497. The van der Waals surface area contributed by atoms with Crippen molar-refractivity contribution in [3.63, 3.8) is 0 Å². The van der Waals surface area contributed by atoms with Crippen molar-refractivity contribution >= 4 is 23.4 Å². The Hall–Kier alpha value is -3.73. The number of fused-ring (bicyclic) bond motifs is 1. The van der Waals surface area contributed by atoms with Crippen LogP contribution < -0.4 is 20.3 Å². The lowest BCUT2D eigenvalue weighted by molar-refractivity contribution is -0.120. The van der Waals surface area contributed by atoms with Gasteiger partial charge in [-0.05, 0) is 31.5 Å². The molecule has 0 aliphatic carbocycles. The highest BCUT2D eigenvalue weighted by molar-refractivity contribution is 6.03. The number of likely N-dealkylation sites (N-methyl/N-ethyl adjacent to an activating group) is 1. The van der Waals surface area contributed by atoms with E-state index in [0.29, 0.717) is 36.2 Å². The fourth-order valence-corrected chi connectivity index (χ4v) is 3.96. The third-order valence-corrected chi connectivity index (χ3v) is 5.85. The fraction of sp³-hybridized carbons (Fsp3) is 0.391. The molecule has 0 bridgehead atoms. The molecule has 1 aliphatic heterocycles. The van der Waals surface area contributed by atoms with Gasteiger partial charge in [0.05, 0.1) is 31.6 Å². The molecule has 2 aromatic heterocycles. The maximum atomic E-state index is 13.6. The largest absolute Gasteiger partial charge is 0.494 e. The first-order chi connectivity index (χ1) is 16.3. The SMILES string of the molecule is COc1cc(Cn2cc(CNc3nc(C)c4c(n3)N(C)[C@@H]([C@@H](C)OC)C(=O)N4)cn2)ccc1F. The lowest BCUT2D eigenvalue weighted by Gasteiger charge is -2.37. The van der Waals surface area contributed by atoms with Gasteiger partial charge in [-0.2, -0.15) is 10.1 Å². The van der Waals surface area contributed by atoms with Crippen molar-refractivity contribution in [3.8, 4) is 5.75 Å². The molecule has 1 aliphatic rings. The number of carbonyl (C=O) groups is 1. The summed E-state index contributed by atoms with van der Waals surface area (Å²) in [4.78, 5) is 23.5. The van der Waals surface area contributed by atoms with Crippen LogP contribution in [0.2, 0.25) is 0 Å². The molecule has 10 nitrogen and oxygen atoms in total. The molecule has 1 aromatic carbocycles. The first-order valence-corrected chi connectivity index (χ1v) is 10.8. The molecule has 0 radical (unpaired) electrons. The van der Waals surface area contributed by atoms with Crippen molar-refractivity contribution in [3.05, 3.63) is 53.2 Å². The Labute approximate surface area is 197 Å². The van der Waals surface area contributed by atoms with E-state index in [0.717, 1.165) is 11.1 Å². The molecule has 3 heterocycles. The summed E-state index contributed by atoms with van der Waals surface area (Å²) in [7, 11) is 4.84. The van der Waals surface area contributed by atoms with Crippen LogP contribution >= 0.6 is 0 Å². The van der Waals surface area contributed by atoms with Crippen LogP contribution in [0.1, 0.15) is 23.7 Å². The normalized spacial score (nSPS) is 16.1. The number of anilines is 3. The smallest absolute Gasteiger partial charge is 0.249 e. The number of nitrogens with one attached hydrogen (secondary N) is 2. The van der Waals surface area contributed by atoms with Crippen molar-refractivity contribution in [2.45, 2.75) is 39.1 Å². The number of hydrogen-bond acceptors (Lipinski definition) is 8. The Morgan fingerprint density at radius 1 is 1.26 bits per heavy atom. The van der Waals surface area contributed by atoms with Crippen LogP contribution in [0, 0.1) is 12.7 Å². The number of methoxy groups -OCH3 is 2. The third kappa shape index (κ3) is 4.65. The third-order valence-electron chi connectivity index (χ3n) is 5.85. The monoisotopic (exact) mass is 469 g/mol. The Bertz CT molecular complexity index is 1200. The zero-order valence-electron chi connectivity index (χ0n) is 19.8. The maximum Gasteiger partial charge on any atom is 0.249 e. The number of aromatic nitrogens is 4. The molecule has 0 fully saturated rings. The molecule has 34 heavy (non-hydrogen) atoms. The van der Waals surface area contributed by atoms with E-state index in [4.69, 9.17) is 9.47 Å². The van der Waals surface area contributed by atoms with Crippen LogP contribution in [-0.2, 0) is 22.6 Å². The topological polar surface area (TPSA) is 106 Å². The number of rotatable bonds is 8. The molecule has 0 saturated heterocycles. The number of benzene rings is 1. The molecule has 2 N–H and O–H groups in total. The number of amides is 1. The van der Waals surface area contributed by atoms with Crippen molar-refractivity contribution in [1.82, 2.24) is 19.7 Å². The lowest BCUT2D eigenvalue weighted by atomic mass is 10.1. The van der Waals surface area contributed by atoms with Gasteiger partial charge in [0.2, 0.25) is 11.9 Å². The zero-order chi connectivity index (χ0) is 24.4. The zero-order valence-corrected chi connectivity index (χ0v) is 19.8. The lowest BCUT2D eigenvalue weighted by Crippen LogP contribution is -2.53. The van der Waals surface area contributed by atoms with E-state index in [1.807, 2.05) is 32.0 Å². The summed E-state index contributed by atoms with van der Waals surface area (Å²) in [5, 5.41) is 10.5. The van der Waals surface area contributed by atoms with Gasteiger partial charge in [-0.25, -0.2) is 9.37 Å². The van der Waals surface area contributed by atoms with Gasteiger partial charge in [0.1, 0.15) is 11.7 Å². The van der Waals surface area contributed by atoms with E-state index in [2.05, 4.69) is 25.7 Å². The highest BCUT2D eigenvalue weighted by Gasteiger charge is 2.37. The molecule has 180 valence electrons. The van der Waals surface area contributed by atoms with Crippen molar-refractivity contribution in [1.29, 1.82) is 0 Å². The number of nitrogens with zero attached hydrogens (tertiary/aromatic N) is 5. The molecule has 3 aromatic rings. The predicted octanol–water partition coefficient (Wildman–Crippen LogP) is 2.58. The predicted molar refractivity (Wildman–Crippen MR) is 126 cm³/mol. The molecule has 1 amide bonds. The minimum absolute atomic E-state index is 0.150. The van der Waals surface area contributed by atoms with Gasteiger partial charge >= 0.3 is 0 Å². The highest BCUT2D eigenvalue weighted by Crippen LogP contribution is 2.33. The molecular weight excluding hydrogens is 441 g/mol. The fourth-order valence-electron chi connectivity index (χ4n) is 3.96. The molecule has 4 rings (SSSR count).